The van der Waals surface area contributed by atoms with Crippen LogP contribution in [-0.4, -0.2) is 33.4 Å². The molecule has 2 aliphatic rings. The van der Waals surface area contributed by atoms with E-state index >= 15 is 0 Å². The van der Waals surface area contributed by atoms with Gasteiger partial charge < -0.3 is 5.21 Å². The molecule has 1 saturated heterocycles. The summed E-state index contributed by atoms with van der Waals surface area (Å²) in [5, 5.41) is 11.9. The first-order chi connectivity index (χ1) is 7.03. The van der Waals surface area contributed by atoms with Crippen LogP contribution in [-0.2, 0) is 9.59 Å². The predicted molar refractivity (Wildman–Crippen MR) is 48.7 cm³/mol. The van der Waals surface area contributed by atoms with Gasteiger partial charge in [-0.25, -0.2) is 14.4 Å². The van der Waals surface area contributed by atoms with Gasteiger partial charge in [-0.3, -0.25) is 4.90 Å². The summed E-state index contributed by atoms with van der Waals surface area (Å²) >= 11 is 0. The standard InChI is InChI=1S/C9H10N2O4/c1-2-7(12)11(15)8(13)6-4-3-5-10(6)9(11)14/h3,5-6H,2,4H2,1H3. The van der Waals surface area contributed by atoms with Gasteiger partial charge in [0.05, 0.1) is 6.42 Å². The average Bonchev–Trinajstić information content (AvgIpc) is 2.78. The normalized spacial score (nSPS) is 33.7. The molecular weight excluding hydrogens is 200 g/mol. The van der Waals surface area contributed by atoms with Crippen LogP contribution in [0.4, 0.5) is 4.79 Å². The van der Waals surface area contributed by atoms with Crippen LogP contribution in [0.15, 0.2) is 12.3 Å². The fourth-order valence-corrected chi connectivity index (χ4v) is 1.86. The van der Waals surface area contributed by atoms with Gasteiger partial charge in [-0.2, -0.15) is 0 Å². The van der Waals surface area contributed by atoms with Gasteiger partial charge >= 0.3 is 17.8 Å². The van der Waals surface area contributed by atoms with Crippen molar-refractivity contribution in [2.24, 2.45) is 0 Å². The maximum absolute atomic E-state index is 11.9. The van der Waals surface area contributed by atoms with Crippen molar-refractivity contribution in [1.82, 2.24) is 4.90 Å². The Balaban J connectivity index is 2.43. The van der Waals surface area contributed by atoms with Gasteiger partial charge in [-0.1, -0.05) is 13.0 Å². The van der Waals surface area contributed by atoms with E-state index < -0.39 is 28.5 Å². The van der Waals surface area contributed by atoms with Gasteiger partial charge in [-0.15, -0.1) is 4.65 Å². The van der Waals surface area contributed by atoms with E-state index in [0.29, 0.717) is 6.42 Å². The van der Waals surface area contributed by atoms with E-state index in [2.05, 4.69) is 0 Å². The Morgan fingerprint density at radius 1 is 1.67 bits per heavy atom. The Kier molecular flexibility index (Phi) is 1.99. The van der Waals surface area contributed by atoms with Gasteiger partial charge in [0.25, 0.3) is 0 Å². The molecule has 6 heteroatoms. The molecule has 0 aromatic rings. The van der Waals surface area contributed by atoms with Crippen molar-refractivity contribution in [3.05, 3.63) is 17.5 Å². The summed E-state index contributed by atoms with van der Waals surface area (Å²) in [4.78, 5) is 35.7. The Morgan fingerprint density at radius 3 is 2.87 bits per heavy atom. The average molecular weight is 210 g/mol. The summed E-state index contributed by atoms with van der Waals surface area (Å²) in [6, 6.07) is -1.75. The summed E-state index contributed by atoms with van der Waals surface area (Å²) in [6.45, 7) is 1.46. The number of fused-ring (bicyclic) bond motifs is 1. The summed E-state index contributed by atoms with van der Waals surface area (Å²) in [7, 11) is 0. The Hall–Kier alpha value is -1.53. The van der Waals surface area contributed by atoms with E-state index in [4.69, 9.17) is 0 Å². The number of imide groups is 3. The highest BCUT2D eigenvalue weighted by molar-refractivity contribution is 6.05. The second-order valence-electron chi connectivity index (χ2n) is 3.52. The Labute approximate surface area is 85.9 Å². The zero-order chi connectivity index (χ0) is 11.2. The van der Waals surface area contributed by atoms with E-state index in [1.165, 1.54) is 13.1 Å². The molecule has 6 nitrogen and oxygen atoms in total. The van der Waals surface area contributed by atoms with E-state index in [-0.39, 0.29) is 6.42 Å². The van der Waals surface area contributed by atoms with Crippen LogP contribution >= 0.6 is 0 Å². The first kappa shape index (κ1) is 10.0. The number of carbonyl (C=O) groups excluding carboxylic acids is 3. The molecule has 2 heterocycles. The number of nitrogens with zero attached hydrogens (tertiary/aromatic N) is 2. The third-order valence-electron chi connectivity index (χ3n) is 2.70. The van der Waals surface area contributed by atoms with E-state index in [1.807, 2.05) is 0 Å². The fourth-order valence-electron chi connectivity index (χ4n) is 1.86. The molecular formula is C9H10N2O4. The highest BCUT2D eigenvalue weighted by Crippen LogP contribution is 2.31. The quantitative estimate of drug-likeness (QED) is 0.358. The van der Waals surface area contributed by atoms with Crippen LogP contribution in [0.3, 0.4) is 0 Å². The van der Waals surface area contributed by atoms with Crippen LogP contribution in [0.25, 0.3) is 0 Å². The van der Waals surface area contributed by atoms with Crippen molar-refractivity contribution in [3.8, 4) is 0 Å². The highest BCUT2D eigenvalue weighted by Gasteiger charge is 2.59. The molecule has 1 fully saturated rings. The lowest BCUT2D eigenvalue weighted by Crippen LogP contribution is -2.53. The number of urea groups is 1. The van der Waals surface area contributed by atoms with Gasteiger partial charge in [0.2, 0.25) is 0 Å². The van der Waals surface area contributed by atoms with Crippen LogP contribution in [0.5, 0.6) is 0 Å². The summed E-state index contributed by atoms with van der Waals surface area (Å²) in [6.07, 6.45) is 3.24. The molecule has 0 saturated carbocycles. The lowest BCUT2D eigenvalue weighted by molar-refractivity contribution is -0.634. The van der Waals surface area contributed by atoms with Crippen LogP contribution < -0.4 is 0 Å². The number of carbonyl (C=O) groups is 3. The summed E-state index contributed by atoms with van der Waals surface area (Å²) < 4.78 is -1.95. The second kappa shape index (κ2) is 2.98. The van der Waals surface area contributed by atoms with Crippen molar-refractivity contribution in [3.63, 3.8) is 0 Å². The molecule has 15 heavy (non-hydrogen) atoms. The van der Waals surface area contributed by atoms with Crippen molar-refractivity contribution in [2.45, 2.75) is 25.8 Å². The number of hydroxylamine groups is 3. The van der Waals surface area contributed by atoms with Gasteiger partial charge in [0, 0.05) is 12.6 Å². The third-order valence-corrected chi connectivity index (χ3v) is 2.70. The van der Waals surface area contributed by atoms with Crippen LogP contribution in [0.1, 0.15) is 19.8 Å². The van der Waals surface area contributed by atoms with Gasteiger partial charge in [0.15, 0.2) is 6.04 Å². The second-order valence-corrected chi connectivity index (χ2v) is 3.52. The SMILES string of the molecule is CCC(=O)[N+]1([O-])C(=O)C2CC=CN2C1=O. The lowest BCUT2D eigenvalue weighted by atomic mass is 10.2. The molecule has 2 aliphatic heterocycles. The minimum Gasteiger partial charge on any atom is -0.608 e. The van der Waals surface area contributed by atoms with Gasteiger partial charge in [0.1, 0.15) is 0 Å². The number of rotatable bonds is 1. The maximum Gasteiger partial charge on any atom is 0.439 e. The zero-order valence-electron chi connectivity index (χ0n) is 8.17. The molecule has 0 radical (unpaired) electrons. The molecule has 0 aliphatic carbocycles. The van der Waals surface area contributed by atoms with Crippen molar-refractivity contribution in [2.75, 3.05) is 0 Å². The first-order valence-corrected chi connectivity index (χ1v) is 4.70. The summed E-state index contributed by atoms with van der Waals surface area (Å²) in [5.74, 6) is -1.76. The molecule has 0 bridgehead atoms. The van der Waals surface area contributed by atoms with Crippen molar-refractivity contribution in [1.29, 1.82) is 0 Å². The monoisotopic (exact) mass is 210 g/mol. The molecule has 2 rings (SSSR count). The van der Waals surface area contributed by atoms with E-state index in [9.17, 15) is 19.6 Å². The zero-order valence-corrected chi connectivity index (χ0v) is 8.17. The lowest BCUT2D eigenvalue weighted by Gasteiger charge is -2.27. The maximum atomic E-state index is 11.9. The fraction of sp³-hybridized carbons (Fsp3) is 0.444. The minimum atomic E-state index is -1.95. The first-order valence-electron chi connectivity index (χ1n) is 4.70. The molecule has 0 spiro atoms. The predicted octanol–water partition coefficient (Wildman–Crippen LogP) is 0.486. The molecule has 2 atom stereocenters. The number of hydrogen-bond donors (Lipinski definition) is 0. The van der Waals surface area contributed by atoms with E-state index in [0.717, 1.165) is 4.90 Å². The molecule has 0 aromatic heterocycles. The Bertz CT molecular complexity index is 390. The number of quaternary nitrogens is 1. The molecule has 0 N–H and O–H groups in total. The molecule has 80 valence electrons. The van der Waals surface area contributed by atoms with Crippen molar-refractivity contribution >= 4 is 17.8 Å². The number of hydrogen-bond acceptors (Lipinski definition) is 4. The van der Waals surface area contributed by atoms with Gasteiger partial charge in [-0.05, 0) is 0 Å². The summed E-state index contributed by atoms with van der Waals surface area (Å²) in [5.41, 5.74) is 0. The largest absolute Gasteiger partial charge is 0.608 e. The number of amides is 4. The molecule has 2 unspecified atom stereocenters. The van der Waals surface area contributed by atoms with E-state index in [1.54, 1.807) is 6.08 Å². The highest BCUT2D eigenvalue weighted by atomic mass is 16.6. The Morgan fingerprint density at radius 2 is 2.33 bits per heavy atom. The minimum absolute atomic E-state index is 0.120. The third kappa shape index (κ3) is 1.03. The van der Waals surface area contributed by atoms with Crippen molar-refractivity contribution < 1.29 is 19.0 Å². The smallest absolute Gasteiger partial charge is 0.439 e. The molecule has 4 amide bonds. The van der Waals surface area contributed by atoms with Crippen LogP contribution in [0, 0.1) is 5.21 Å². The van der Waals surface area contributed by atoms with Crippen LogP contribution in [0.2, 0.25) is 0 Å². The molecule has 0 aromatic carbocycles. The topological polar surface area (TPSA) is 77.5 Å².